The van der Waals surface area contributed by atoms with Crippen molar-refractivity contribution in [1.29, 1.82) is 0 Å². The van der Waals surface area contributed by atoms with Crippen molar-refractivity contribution in [2.45, 2.75) is 38.8 Å². The molecule has 3 amide bonds. The third-order valence-corrected chi connectivity index (χ3v) is 6.90. The highest BCUT2D eigenvalue weighted by molar-refractivity contribution is 6.12. The smallest absolute Gasteiger partial charge is 0.325 e. The number of benzene rings is 2. The molecule has 1 fully saturated rings. The third-order valence-electron chi connectivity index (χ3n) is 6.90. The quantitative estimate of drug-likeness (QED) is 0.452. The zero-order valence-electron chi connectivity index (χ0n) is 19.3. The molecule has 3 heterocycles. The number of rotatable bonds is 6. The molecule has 0 bridgehead atoms. The van der Waals surface area contributed by atoms with Gasteiger partial charge in [-0.25, -0.2) is 4.79 Å². The van der Waals surface area contributed by atoms with E-state index < -0.39 is 17.5 Å². The first-order valence-corrected chi connectivity index (χ1v) is 11.5. The van der Waals surface area contributed by atoms with Gasteiger partial charge < -0.3 is 14.6 Å². The molecule has 7 nitrogen and oxygen atoms in total. The standard InChI is InChI=1S/C27H27N3O4/c1-18-16-21(19(2)29(18)14-12-20-8-4-3-5-9-20)23(31)17-30-25(32)27(28-26(30)33)13-15-34-24-11-7-6-10-22(24)27/h3-11,16H,12-15,17H2,1-2H3,(H,28,33)/t27-/m0/s1. The summed E-state index contributed by atoms with van der Waals surface area (Å²) in [5.74, 6) is -0.0722. The molecule has 1 atom stereocenters. The average molecular weight is 458 g/mol. The second-order valence-corrected chi connectivity index (χ2v) is 8.92. The van der Waals surface area contributed by atoms with Crippen LogP contribution in [-0.2, 0) is 23.3 Å². The molecule has 7 heteroatoms. The Morgan fingerprint density at radius 3 is 2.59 bits per heavy atom. The summed E-state index contributed by atoms with van der Waals surface area (Å²) in [6, 6.07) is 18.7. The van der Waals surface area contributed by atoms with Crippen LogP contribution in [0.5, 0.6) is 5.75 Å². The Kier molecular flexibility index (Phi) is 5.48. The van der Waals surface area contributed by atoms with Gasteiger partial charge in [-0.3, -0.25) is 14.5 Å². The summed E-state index contributed by atoms with van der Waals surface area (Å²) in [5.41, 5.74) is 3.04. The second-order valence-electron chi connectivity index (χ2n) is 8.92. The fraction of sp³-hybridized carbons (Fsp3) is 0.296. The molecule has 1 saturated heterocycles. The maximum atomic E-state index is 13.5. The molecule has 2 aromatic carbocycles. The Bertz CT molecular complexity index is 1280. The van der Waals surface area contributed by atoms with Crippen molar-refractivity contribution in [3.63, 3.8) is 0 Å². The number of amides is 3. The summed E-state index contributed by atoms with van der Waals surface area (Å²) in [7, 11) is 0. The first-order chi connectivity index (χ1) is 16.4. The number of Topliss-reactive ketones (excluding diaryl/α,β-unsaturated/α-hetero) is 1. The summed E-state index contributed by atoms with van der Waals surface area (Å²) in [6.45, 7) is 4.65. The van der Waals surface area contributed by atoms with Gasteiger partial charge in [0.25, 0.3) is 5.91 Å². The van der Waals surface area contributed by atoms with Gasteiger partial charge in [0.05, 0.1) is 13.2 Å². The lowest BCUT2D eigenvalue weighted by atomic mass is 9.84. The highest BCUT2D eigenvalue weighted by Crippen LogP contribution is 2.41. The first-order valence-electron chi connectivity index (χ1n) is 11.5. The van der Waals surface area contributed by atoms with Crippen LogP contribution in [-0.4, -0.2) is 40.3 Å². The Morgan fingerprint density at radius 2 is 1.79 bits per heavy atom. The lowest BCUT2D eigenvalue weighted by Crippen LogP contribution is -2.47. The number of aromatic nitrogens is 1. The molecular weight excluding hydrogens is 430 g/mol. The van der Waals surface area contributed by atoms with E-state index in [0.29, 0.717) is 29.9 Å². The number of aryl methyl sites for hydroxylation is 2. The molecule has 0 unspecified atom stereocenters. The van der Waals surface area contributed by atoms with E-state index in [9.17, 15) is 14.4 Å². The number of para-hydroxylation sites is 1. The molecule has 1 aromatic heterocycles. The molecule has 3 aromatic rings. The fourth-order valence-electron chi connectivity index (χ4n) is 5.06. The minimum absolute atomic E-state index is 0.250. The van der Waals surface area contributed by atoms with E-state index in [1.54, 1.807) is 12.1 Å². The van der Waals surface area contributed by atoms with Gasteiger partial charge in [-0.1, -0.05) is 48.5 Å². The monoisotopic (exact) mass is 457 g/mol. The van der Waals surface area contributed by atoms with Crippen LogP contribution in [0.25, 0.3) is 0 Å². The average Bonchev–Trinajstić information content (AvgIpc) is 3.26. The molecule has 174 valence electrons. The van der Waals surface area contributed by atoms with E-state index in [1.165, 1.54) is 5.56 Å². The first kappa shape index (κ1) is 21.9. The van der Waals surface area contributed by atoms with Crippen molar-refractivity contribution in [3.8, 4) is 5.75 Å². The van der Waals surface area contributed by atoms with Crippen LogP contribution in [0.1, 0.15) is 39.3 Å². The van der Waals surface area contributed by atoms with Crippen molar-refractivity contribution in [2.75, 3.05) is 13.2 Å². The Hall–Kier alpha value is -3.87. The van der Waals surface area contributed by atoms with Gasteiger partial charge in [0.2, 0.25) is 0 Å². The van der Waals surface area contributed by atoms with Crippen molar-refractivity contribution in [2.24, 2.45) is 0 Å². The number of nitrogens with zero attached hydrogens (tertiary/aromatic N) is 2. The molecule has 5 rings (SSSR count). The van der Waals surface area contributed by atoms with Crippen molar-refractivity contribution >= 4 is 17.7 Å². The number of ether oxygens (including phenoxy) is 1. The second kappa shape index (κ2) is 8.48. The molecule has 34 heavy (non-hydrogen) atoms. The molecule has 2 aliphatic heterocycles. The topological polar surface area (TPSA) is 80.6 Å². The summed E-state index contributed by atoms with van der Waals surface area (Å²) in [4.78, 5) is 40.6. The van der Waals surface area contributed by atoms with Crippen LogP contribution in [0.4, 0.5) is 4.79 Å². The highest BCUT2D eigenvalue weighted by Gasteiger charge is 2.55. The predicted octanol–water partition coefficient (Wildman–Crippen LogP) is 3.76. The van der Waals surface area contributed by atoms with Crippen LogP contribution in [0.15, 0.2) is 60.7 Å². The molecule has 0 saturated carbocycles. The lowest BCUT2D eigenvalue weighted by molar-refractivity contribution is -0.132. The van der Waals surface area contributed by atoms with Crippen LogP contribution in [0, 0.1) is 13.8 Å². The molecular formula is C27H27N3O4. The van der Waals surface area contributed by atoms with Gasteiger partial charge >= 0.3 is 6.03 Å². The lowest BCUT2D eigenvalue weighted by Gasteiger charge is -2.33. The van der Waals surface area contributed by atoms with Crippen LogP contribution >= 0.6 is 0 Å². The van der Waals surface area contributed by atoms with Crippen LogP contribution < -0.4 is 10.1 Å². The van der Waals surface area contributed by atoms with E-state index in [-0.39, 0.29) is 12.3 Å². The number of imide groups is 1. The Balaban J connectivity index is 1.35. The van der Waals surface area contributed by atoms with Gasteiger partial charge in [0.1, 0.15) is 5.75 Å². The zero-order valence-corrected chi connectivity index (χ0v) is 19.3. The summed E-state index contributed by atoms with van der Waals surface area (Å²) in [5, 5.41) is 2.85. The van der Waals surface area contributed by atoms with Crippen molar-refractivity contribution in [3.05, 3.63) is 88.7 Å². The van der Waals surface area contributed by atoms with E-state index >= 15 is 0 Å². The van der Waals surface area contributed by atoms with E-state index in [1.807, 2.05) is 50.2 Å². The number of ketones is 1. The Labute approximate surface area is 198 Å². The largest absolute Gasteiger partial charge is 0.493 e. The van der Waals surface area contributed by atoms with Gasteiger partial charge in [-0.15, -0.1) is 0 Å². The molecule has 1 spiro atoms. The number of hydrogen-bond donors (Lipinski definition) is 1. The number of hydrogen-bond acceptors (Lipinski definition) is 4. The number of nitrogens with one attached hydrogen (secondary N) is 1. The molecule has 1 N–H and O–H groups in total. The van der Waals surface area contributed by atoms with Crippen LogP contribution in [0.3, 0.4) is 0 Å². The van der Waals surface area contributed by atoms with E-state index in [2.05, 4.69) is 22.0 Å². The highest BCUT2D eigenvalue weighted by atomic mass is 16.5. The van der Waals surface area contributed by atoms with Gasteiger partial charge in [-0.05, 0) is 38.0 Å². The maximum absolute atomic E-state index is 13.5. The number of urea groups is 1. The predicted molar refractivity (Wildman–Crippen MR) is 127 cm³/mol. The summed E-state index contributed by atoms with van der Waals surface area (Å²) in [6.07, 6.45) is 1.18. The van der Waals surface area contributed by atoms with Crippen molar-refractivity contribution < 1.29 is 19.1 Å². The fourth-order valence-corrected chi connectivity index (χ4v) is 5.06. The summed E-state index contributed by atoms with van der Waals surface area (Å²) < 4.78 is 7.79. The minimum atomic E-state index is -1.18. The number of carbonyl (C=O) groups excluding carboxylic acids is 3. The van der Waals surface area contributed by atoms with Gasteiger partial charge in [0, 0.05) is 35.5 Å². The molecule has 0 radical (unpaired) electrons. The SMILES string of the molecule is Cc1cc(C(=O)CN2C(=O)N[C@]3(CCOc4ccccc43)C2=O)c(C)n1CCc1ccccc1. The van der Waals surface area contributed by atoms with Crippen molar-refractivity contribution in [1.82, 2.24) is 14.8 Å². The minimum Gasteiger partial charge on any atom is -0.493 e. The van der Waals surface area contributed by atoms with E-state index in [0.717, 1.165) is 29.3 Å². The third kappa shape index (κ3) is 3.57. The number of fused-ring (bicyclic) bond motifs is 2. The molecule has 2 aliphatic rings. The van der Waals surface area contributed by atoms with Gasteiger partial charge in [-0.2, -0.15) is 0 Å². The normalized spacial score (nSPS) is 19.2. The molecule has 0 aliphatic carbocycles. The number of carbonyl (C=O) groups is 3. The zero-order chi connectivity index (χ0) is 23.9. The van der Waals surface area contributed by atoms with Gasteiger partial charge in [0.15, 0.2) is 11.3 Å². The van der Waals surface area contributed by atoms with Crippen LogP contribution in [0.2, 0.25) is 0 Å². The maximum Gasteiger partial charge on any atom is 0.325 e. The Morgan fingerprint density at radius 1 is 1.06 bits per heavy atom. The summed E-state index contributed by atoms with van der Waals surface area (Å²) >= 11 is 0. The van der Waals surface area contributed by atoms with E-state index in [4.69, 9.17) is 4.74 Å².